The Kier molecular flexibility index (Phi) is 3.09. The molecule has 0 amide bonds. The lowest BCUT2D eigenvalue weighted by Gasteiger charge is -2.21. The standard InChI is InChI=1S/C16H15NO/c1-3-7-13(8-4-1)15-11-12-16(18-17-15)14-9-5-2-6-10-14/h1-10,16H,11-12H2. The number of nitrogens with zero attached hydrogens (tertiary/aromatic N) is 1. The highest BCUT2D eigenvalue weighted by Crippen LogP contribution is 2.28. The minimum absolute atomic E-state index is 0.0960. The van der Waals surface area contributed by atoms with Crippen LogP contribution in [0.2, 0.25) is 0 Å². The summed E-state index contributed by atoms with van der Waals surface area (Å²) in [6.07, 6.45) is 2.04. The van der Waals surface area contributed by atoms with Gasteiger partial charge in [-0.05, 0) is 24.0 Å². The second kappa shape index (κ2) is 5.05. The van der Waals surface area contributed by atoms with Gasteiger partial charge in [0.05, 0.1) is 5.71 Å². The Morgan fingerprint density at radius 2 is 1.56 bits per heavy atom. The summed E-state index contributed by atoms with van der Waals surface area (Å²) < 4.78 is 0. The third kappa shape index (κ3) is 2.28. The van der Waals surface area contributed by atoms with Crippen LogP contribution in [0.25, 0.3) is 0 Å². The molecule has 0 saturated heterocycles. The fourth-order valence-corrected chi connectivity index (χ4v) is 2.22. The quantitative estimate of drug-likeness (QED) is 0.775. The zero-order valence-corrected chi connectivity index (χ0v) is 10.1. The van der Waals surface area contributed by atoms with E-state index in [1.165, 1.54) is 5.56 Å². The highest BCUT2D eigenvalue weighted by atomic mass is 16.6. The van der Waals surface area contributed by atoms with Crippen molar-refractivity contribution >= 4 is 5.71 Å². The first kappa shape index (κ1) is 11.0. The van der Waals surface area contributed by atoms with Gasteiger partial charge in [-0.2, -0.15) is 0 Å². The van der Waals surface area contributed by atoms with E-state index in [1.807, 2.05) is 36.4 Å². The second-order valence-corrected chi connectivity index (χ2v) is 4.45. The van der Waals surface area contributed by atoms with Crippen molar-refractivity contribution in [2.45, 2.75) is 18.9 Å². The predicted octanol–water partition coefficient (Wildman–Crippen LogP) is 3.94. The minimum Gasteiger partial charge on any atom is -0.387 e. The molecule has 2 aromatic rings. The first-order valence-electron chi connectivity index (χ1n) is 6.26. The van der Waals surface area contributed by atoms with Crippen molar-refractivity contribution in [2.75, 3.05) is 0 Å². The molecule has 1 heterocycles. The Hall–Kier alpha value is -2.09. The molecule has 0 aromatic heterocycles. The lowest BCUT2D eigenvalue weighted by atomic mass is 9.99. The van der Waals surface area contributed by atoms with Crippen molar-refractivity contribution in [2.24, 2.45) is 5.16 Å². The van der Waals surface area contributed by atoms with Crippen molar-refractivity contribution in [1.29, 1.82) is 0 Å². The smallest absolute Gasteiger partial charge is 0.152 e. The van der Waals surface area contributed by atoms with Crippen LogP contribution in [-0.4, -0.2) is 5.71 Å². The molecular weight excluding hydrogens is 222 g/mol. The summed E-state index contributed by atoms with van der Waals surface area (Å²) in [5.74, 6) is 0. The molecule has 1 unspecified atom stereocenters. The van der Waals surface area contributed by atoms with E-state index >= 15 is 0 Å². The molecule has 2 nitrogen and oxygen atoms in total. The molecule has 3 rings (SSSR count). The third-order valence-corrected chi connectivity index (χ3v) is 3.21. The summed E-state index contributed by atoms with van der Waals surface area (Å²) in [5, 5.41) is 4.27. The summed E-state index contributed by atoms with van der Waals surface area (Å²) >= 11 is 0. The Balaban J connectivity index is 1.76. The highest BCUT2D eigenvalue weighted by molar-refractivity contribution is 6.00. The molecule has 1 aliphatic heterocycles. The van der Waals surface area contributed by atoms with E-state index in [9.17, 15) is 0 Å². The van der Waals surface area contributed by atoms with E-state index in [4.69, 9.17) is 4.84 Å². The van der Waals surface area contributed by atoms with Crippen LogP contribution in [0.5, 0.6) is 0 Å². The van der Waals surface area contributed by atoms with Gasteiger partial charge in [0.1, 0.15) is 0 Å². The van der Waals surface area contributed by atoms with Crippen LogP contribution in [0.1, 0.15) is 30.1 Å². The highest BCUT2D eigenvalue weighted by Gasteiger charge is 2.19. The van der Waals surface area contributed by atoms with E-state index in [0.29, 0.717) is 0 Å². The molecule has 0 spiro atoms. The van der Waals surface area contributed by atoms with E-state index in [-0.39, 0.29) is 6.10 Å². The first-order valence-corrected chi connectivity index (χ1v) is 6.26. The van der Waals surface area contributed by atoms with Gasteiger partial charge in [-0.3, -0.25) is 0 Å². The zero-order valence-electron chi connectivity index (χ0n) is 10.1. The van der Waals surface area contributed by atoms with Crippen molar-refractivity contribution in [3.05, 3.63) is 71.8 Å². The maximum Gasteiger partial charge on any atom is 0.152 e. The summed E-state index contributed by atoms with van der Waals surface area (Å²) in [6.45, 7) is 0. The molecule has 0 N–H and O–H groups in total. The van der Waals surface area contributed by atoms with Gasteiger partial charge in [0.15, 0.2) is 6.10 Å². The SMILES string of the molecule is c1ccc(C2=NOC(c3ccccc3)CC2)cc1. The maximum absolute atomic E-state index is 5.62. The van der Waals surface area contributed by atoms with Gasteiger partial charge in [-0.15, -0.1) is 0 Å². The van der Waals surface area contributed by atoms with Crippen LogP contribution in [0.15, 0.2) is 65.8 Å². The topological polar surface area (TPSA) is 21.6 Å². The number of rotatable bonds is 2. The van der Waals surface area contributed by atoms with E-state index in [1.54, 1.807) is 0 Å². The van der Waals surface area contributed by atoms with Gasteiger partial charge in [0, 0.05) is 0 Å². The van der Waals surface area contributed by atoms with Crippen LogP contribution < -0.4 is 0 Å². The second-order valence-electron chi connectivity index (χ2n) is 4.45. The minimum atomic E-state index is 0.0960. The molecule has 0 radical (unpaired) electrons. The zero-order chi connectivity index (χ0) is 12.2. The molecule has 0 fully saturated rings. The Morgan fingerprint density at radius 1 is 0.889 bits per heavy atom. The number of hydrogen-bond acceptors (Lipinski definition) is 2. The number of oxime groups is 1. The Labute approximate surface area is 107 Å². The van der Waals surface area contributed by atoms with Crippen LogP contribution in [0, 0.1) is 0 Å². The Morgan fingerprint density at radius 3 is 2.17 bits per heavy atom. The fraction of sp³-hybridized carbons (Fsp3) is 0.188. The molecule has 0 saturated carbocycles. The molecule has 0 aliphatic carbocycles. The van der Waals surface area contributed by atoms with E-state index in [2.05, 4.69) is 29.4 Å². The van der Waals surface area contributed by atoms with E-state index < -0.39 is 0 Å². The average molecular weight is 237 g/mol. The van der Waals surface area contributed by atoms with Gasteiger partial charge in [-0.1, -0.05) is 65.8 Å². The molecule has 2 aromatic carbocycles. The third-order valence-electron chi connectivity index (χ3n) is 3.21. The van der Waals surface area contributed by atoms with Gasteiger partial charge in [0.2, 0.25) is 0 Å². The van der Waals surface area contributed by atoms with Crippen molar-refractivity contribution < 1.29 is 4.84 Å². The summed E-state index contributed by atoms with van der Waals surface area (Å²) in [7, 11) is 0. The lowest BCUT2D eigenvalue weighted by molar-refractivity contribution is 0.0431. The summed E-state index contributed by atoms with van der Waals surface area (Å²) in [6, 6.07) is 20.5. The normalized spacial score (nSPS) is 18.9. The van der Waals surface area contributed by atoms with Crippen molar-refractivity contribution in [3.8, 4) is 0 Å². The van der Waals surface area contributed by atoms with Gasteiger partial charge >= 0.3 is 0 Å². The number of hydrogen-bond donors (Lipinski definition) is 0. The maximum atomic E-state index is 5.62. The number of benzene rings is 2. The molecule has 18 heavy (non-hydrogen) atoms. The Bertz CT molecular complexity index is 534. The summed E-state index contributed by atoms with van der Waals surface area (Å²) in [5.41, 5.74) is 3.40. The molecule has 1 atom stereocenters. The summed E-state index contributed by atoms with van der Waals surface area (Å²) in [4.78, 5) is 5.62. The fourth-order valence-electron chi connectivity index (χ4n) is 2.22. The lowest BCUT2D eigenvalue weighted by Crippen LogP contribution is -2.13. The largest absolute Gasteiger partial charge is 0.387 e. The molecule has 90 valence electrons. The van der Waals surface area contributed by atoms with Crippen LogP contribution in [-0.2, 0) is 4.84 Å². The molecular formula is C16H15NO. The average Bonchev–Trinajstić information content (AvgIpc) is 2.49. The van der Waals surface area contributed by atoms with Crippen LogP contribution >= 0.6 is 0 Å². The monoisotopic (exact) mass is 237 g/mol. The van der Waals surface area contributed by atoms with Crippen LogP contribution in [0.4, 0.5) is 0 Å². The van der Waals surface area contributed by atoms with Gasteiger partial charge < -0.3 is 4.84 Å². The molecule has 0 bridgehead atoms. The van der Waals surface area contributed by atoms with E-state index in [0.717, 1.165) is 24.1 Å². The van der Waals surface area contributed by atoms with Crippen LogP contribution in [0.3, 0.4) is 0 Å². The van der Waals surface area contributed by atoms with Crippen molar-refractivity contribution in [3.63, 3.8) is 0 Å². The molecule has 2 heteroatoms. The predicted molar refractivity (Wildman–Crippen MR) is 72.5 cm³/mol. The first-order chi connectivity index (χ1) is 8.93. The molecule has 1 aliphatic rings. The van der Waals surface area contributed by atoms with Gasteiger partial charge in [0.25, 0.3) is 0 Å². The van der Waals surface area contributed by atoms with Gasteiger partial charge in [-0.25, -0.2) is 0 Å². The van der Waals surface area contributed by atoms with Crippen molar-refractivity contribution in [1.82, 2.24) is 0 Å².